The Labute approximate surface area is 474 Å². The summed E-state index contributed by atoms with van der Waals surface area (Å²) >= 11 is 12.2. The normalized spacial score (nSPS) is 27.2. The first kappa shape index (κ1) is 68.3. The summed E-state index contributed by atoms with van der Waals surface area (Å²) in [6.07, 6.45) is -8.74. The largest absolute Gasteiger partial charge is 0.496 e. The van der Waals surface area contributed by atoms with Gasteiger partial charge in [0.2, 0.25) is 0 Å². The number of ether oxygens (including phenoxy) is 6. The van der Waals surface area contributed by atoms with E-state index < -0.39 is 87.2 Å². The third-order valence-electron chi connectivity index (χ3n) is 12.0. The minimum atomic E-state index is -5.67. The van der Waals surface area contributed by atoms with Gasteiger partial charge in [0.1, 0.15) is 78.3 Å². The highest BCUT2D eigenvalue weighted by molar-refractivity contribution is 14.1. The summed E-state index contributed by atoms with van der Waals surface area (Å²) in [6, 6.07) is 16.0. The van der Waals surface area contributed by atoms with Crippen molar-refractivity contribution in [2.24, 2.45) is 5.92 Å². The molecule has 0 aromatic heterocycles. The molecule has 0 amide bonds. The molecular weight excluding hydrogens is 1380 g/mol. The highest BCUT2D eigenvalue weighted by Gasteiger charge is 2.49. The van der Waals surface area contributed by atoms with E-state index in [0.717, 1.165) is 24.7 Å². The van der Waals surface area contributed by atoms with Crippen molar-refractivity contribution in [3.63, 3.8) is 0 Å². The Balaban J connectivity index is 0.000000283. The second-order valence-corrected chi connectivity index (χ2v) is 31.4. The van der Waals surface area contributed by atoms with Gasteiger partial charge in [0.15, 0.2) is 8.32 Å². The number of cyclic esters (lactones) is 1. The average molecular weight is 1450 g/mol. The van der Waals surface area contributed by atoms with E-state index in [4.69, 9.17) is 52.6 Å². The van der Waals surface area contributed by atoms with Crippen LogP contribution in [0.4, 0.5) is 0 Å². The van der Waals surface area contributed by atoms with Gasteiger partial charge in [-0.05, 0) is 89.6 Å². The maximum atomic E-state index is 11.8. The van der Waals surface area contributed by atoms with Crippen LogP contribution in [0.25, 0.3) is 0 Å². The van der Waals surface area contributed by atoms with E-state index in [2.05, 4.69) is 124 Å². The minimum absolute atomic E-state index is 0.0252. The predicted octanol–water partition coefficient (Wildman–Crippen LogP) is 7.99. The van der Waals surface area contributed by atoms with Gasteiger partial charge in [-0.3, -0.25) is 4.52 Å². The molecule has 0 spiro atoms. The molecule has 5 unspecified atom stereocenters. The average Bonchev–Trinajstić information content (AvgIpc) is 3.87. The molecule has 23 nitrogen and oxygen atoms in total. The zero-order chi connectivity index (χ0) is 57.2. The molecule has 13 atom stereocenters. The maximum Gasteiger partial charge on any atom is 0.490 e. The van der Waals surface area contributed by atoms with Crippen LogP contribution in [0.1, 0.15) is 64.4 Å². The third-order valence-corrected chi connectivity index (χ3v) is 22.7. The monoisotopic (exact) mass is 1450 g/mol. The fourth-order valence-electron chi connectivity index (χ4n) is 7.08. The molecule has 31 heteroatoms. The molecule has 3 fully saturated rings. The number of hydrogen-bond acceptors (Lipinski definition) is 19. The molecule has 3 saturated heterocycles. The molecule has 3 heterocycles. The van der Waals surface area contributed by atoms with Crippen molar-refractivity contribution < 1.29 is 110 Å². The molecule has 3 aromatic carbocycles. The first-order chi connectivity index (χ1) is 34.6. The van der Waals surface area contributed by atoms with Crippen LogP contribution in [0.15, 0.2) is 68.0 Å². The van der Waals surface area contributed by atoms with Gasteiger partial charge in [-0.25, -0.2) is 18.5 Å². The summed E-state index contributed by atoms with van der Waals surface area (Å²) in [7, 11) is -13.9. The van der Waals surface area contributed by atoms with Crippen LogP contribution in [-0.4, -0.2) is 143 Å². The number of carbonyl (C=O) groups is 1. The molecule has 3 aliphatic heterocycles. The second kappa shape index (κ2) is 29.1. The number of aliphatic hydroxyl groups excluding tert-OH is 5. The number of carbonyl (C=O) groups excluding carboxylic acids is 1. The standard InChI is InChI=1S/C13H26O3Si.C12H18BrO14P3.C12H15BrO5.C7H6BrIO/c1-8-10-9(2)11(12(14)15-10)16-17(6,7)13(3,4)5;1-23-8-4-6(13)2-3-7(8)12-11(15)10(14)9(25-12)5-24-29(19,20)27-30(21,22)26-28(16,17)18;1-17-8-4-6(13)2-3-7(8)12-11(16)10(15)9(5-14)18-12;1-10-7-4-5(8)2-3-6(7)9/h9-11H,8H2,1-7H3;2-4,9-12,14-15H,5H2,1H3,(H,19,20)(H,21,22)(H2,16,17,18);2-4,9-12,14-16H,5H2,1H3;2-4H,1H3/t9-,10+,11?;2*9-,10+,11?,12+;/m011./s1. The molecule has 3 aromatic rings. The van der Waals surface area contributed by atoms with Crippen molar-refractivity contribution in [1.29, 1.82) is 0 Å². The molecule has 3 aliphatic rings. The van der Waals surface area contributed by atoms with Crippen LogP contribution in [0.5, 0.6) is 17.2 Å². The summed E-state index contributed by atoms with van der Waals surface area (Å²) in [5, 5.41) is 49.3. The maximum absolute atomic E-state index is 11.8. The number of benzene rings is 3. The van der Waals surface area contributed by atoms with Crippen LogP contribution in [0.3, 0.4) is 0 Å². The zero-order valence-electron chi connectivity index (χ0n) is 42.3. The fourth-order valence-corrected chi connectivity index (χ4v) is 13.0. The van der Waals surface area contributed by atoms with Crippen molar-refractivity contribution in [1.82, 2.24) is 0 Å². The number of aliphatic hydroxyl groups is 5. The van der Waals surface area contributed by atoms with Crippen LogP contribution in [-0.2, 0) is 50.3 Å². The van der Waals surface area contributed by atoms with Crippen LogP contribution >= 0.6 is 93.8 Å². The number of halogens is 4. The quantitative estimate of drug-likeness (QED) is 0.0284. The van der Waals surface area contributed by atoms with E-state index in [1.165, 1.54) is 14.2 Å². The summed E-state index contributed by atoms with van der Waals surface area (Å²) < 4.78 is 86.9. The molecule has 75 heavy (non-hydrogen) atoms. The Kier molecular flexibility index (Phi) is 26.5. The number of esters is 1. The Morgan fingerprint density at radius 1 is 0.680 bits per heavy atom. The number of phosphoric acid groups is 3. The lowest BCUT2D eigenvalue weighted by atomic mass is 10.00. The van der Waals surface area contributed by atoms with Crippen LogP contribution in [0.2, 0.25) is 18.1 Å². The van der Waals surface area contributed by atoms with Gasteiger partial charge in [-0.1, -0.05) is 94.5 Å². The molecule has 9 N–H and O–H groups in total. The highest BCUT2D eigenvalue weighted by Crippen LogP contribution is 2.66. The van der Waals surface area contributed by atoms with Gasteiger partial charge in [0.25, 0.3) is 0 Å². The fraction of sp³-hybridized carbons (Fsp3) is 0.568. The summed E-state index contributed by atoms with van der Waals surface area (Å²) in [6.45, 7) is 13.7. The number of hydrogen-bond donors (Lipinski definition) is 9. The molecule has 0 radical (unpaired) electrons. The van der Waals surface area contributed by atoms with Crippen LogP contribution < -0.4 is 14.2 Å². The van der Waals surface area contributed by atoms with Gasteiger partial charge >= 0.3 is 29.4 Å². The van der Waals surface area contributed by atoms with Gasteiger partial charge in [-0.15, -0.1) is 0 Å². The van der Waals surface area contributed by atoms with Crippen molar-refractivity contribution in [3.05, 3.63) is 82.7 Å². The first-order valence-electron chi connectivity index (χ1n) is 22.5. The lowest BCUT2D eigenvalue weighted by Crippen LogP contribution is -2.46. The van der Waals surface area contributed by atoms with E-state index in [-0.39, 0.29) is 35.7 Å². The third kappa shape index (κ3) is 19.9. The highest BCUT2D eigenvalue weighted by atomic mass is 127. The molecule has 0 aliphatic carbocycles. The zero-order valence-corrected chi connectivity index (χ0v) is 52.9. The lowest BCUT2D eigenvalue weighted by Gasteiger charge is -2.38. The van der Waals surface area contributed by atoms with Gasteiger partial charge in [-0.2, -0.15) is 8.62 Å². The second-order valence-electron chi connectivity index (χ2n) is 18.3. The van der Waals surface area contributed by atoms with Gasteiger partial charge in [0.05, 0.1) is 38.1 Å². The number of methoxy groups -OCH3 is 3. The van der Waals surface area contributed by atoms with Crippen molar-refractivity contribution in [2.75, 3.05) is 34.5 Å². The number of phosphoric ester groups is 1. The van der Waals surface area contributed by atoms with Crippen molar-refractivity contribution >= 4 is 108 Å². The Bertz CT molecular complexity index is 2510. The van der Waals surface area contributed by atoms with Gasteiger partial charge in [0, 0.05) is 30.5 Å². The van der Waals surface area contributed by atoms with Crippen molar-refractivity contribution in [2.45, 2.75) is 120 Å². The van der Waals surface area contributed by atoms with Crippen LogP contribution in [0, 0.1) is 9.49 Å². The van der Waals surface area contributed by atoms with Gasteiger partial charge < -0.3 is 78.0 Å². The molecule has 0 bridgehead atoms. The first-order valence-corrected chi connectivity index (χ1v) is 33.4. The SMILES string of the molecule is CC[C@H]1OC(=O)C(O[Si](C)(C)C(C)(C)C)[C@H]1C.COc1cc(Br)ccc1I.COc1cc(Br)ccc1[C@@H]1O[C@H](CO)[C@H](O)C1O.COc1cc(Br)ccc1[C@@H]1O[C@H](COP(=O)(O)OP(=O)(O)OP(=O)(O)O)[C@H](O)C1O. The Hall–Kier alpha value is -0.993. The van der Waals surface area contributed by atoms with Crippen molar-refractivity contribution in [3.8, 4) is 17.2 Å². The summed E-state index contributed by atoms with van der Waals surface area (Å²) in [4.78, 5) is 47.4. The summed E-state index contributed by atoms with van der Waals surface area (Å²) in [5.41, 5.74) is 0.997. The van der Waals surface area contributed by atoms with E-state index in [9.17, 15) is 43.8 Å². The Morgan fingerprint density at radius 2 is 1.12 bits per heavy atom. The smallest absolute Gasteiger partial charge is 0.490 e. The molecule has 0 saturated carbocycles. The van der Waals surface area contributed by atoms with E-state index in [1.54, 1.807) is 43.5 Å². The molecule has 6 rings (SSSR count). The molecular formula is C44H65Br3IO23P3Si. The molecule has 426 valence electrons. The minimum Gasteiger partial charge on any atom is -0.496 e. The van der Waals surface area contributed by atoms with E-state index in [1.807, 2.05) is 25.1 Å². The topological polar surface area (TPSA) is 343 Å². The Morgan fingerprint density at radius 3 is 1.51 bits per heavy atom. The number of rotatable bonds is 16. The lowest BCUT2D eigenvalue weighted by molar-refractivity contribution is -0.146. The van der Waals surface area contributed by atoms with E-state index in [0.29, 0.717) is 27.1 Å². The van der Waals surface area contributed by atoms with E-state index >= 15 is 0 Å². The summed E-state index contributed by atoms with van der Waals surface area (Å²) in [5.74, 6) is 1.78. The predicted molar refractivity (Wildman–Crippen MR) is 292 cm³/mol.